The predicted octanol–water partition coefficient (Wildman–Crippen LogP) is 2.44. The molecule has 4 heteroatoms. The molecule has 1 rings (SSSR count). The van der Waals surface area contributed by atoms with Gasteiger partial charge in [0.1, 0.15) is 0 Å². The summed E-state index contributed by atoms with van der Waals surface area (Å²) in [5, 5.41) is 18.8. The van der Waals surface area contributed by atoms with E-state index in [-0.39, 0.29) is 5.69 Å². The number of non-ortho nitro benzene ring substituents is 1. The predicted molar refractivity (Wildman–Crippen MR) is 52.5 cm³/mol. The normalized spacial score (nSPS) is 10.0. The van der Waals surface area contributed by atoms with Gasteiger partial charge in [-0.2, -0.15) is 5.26 Å². The molecule has 0 aromatic heterocycles. The Morgan fingerprint density at radius 3 is 2.79 bits per heavy atom. The molecule has 0 saturated carbocycles. The van der Waals surface area contributed by atoms with Crippen LogP contribution in [0.2, 0.25) is 0 Å². The first-order valence-corrected chi connectivity index (χ1v) is 3.96. The second-order valence-electron chi connectivity index (χ2n) is 2.82. The van der Waals surface area contributed by atoms with Gasteiger partial charge in [-0.05, 0) is 24.1 Å². The topological polar surface area (TPSA) is 66.9 Å². The molecule has 0 aliphatic heterocycles. The number of benzene rings is 1. The third-order valence-corrected chi connectivity index (χ3v) is 1.65. The third kappa shape index (κ3) is 2.42. The second kappa shape index (κ2) is 4.19. The number of aryl methyl sites for hydroxylation is 1. The first-order chi connectivity index (χ1) is 6.63. The van der Waals surface area contributed by atoms with Crippen molar-refractivity contribution in [2.75, 3.05) is 0 Å². The average Bonchev–Trinajstić information content (AvgIpc) is 2.14. The van der Waals surface area contributed by atoms with Crippen LogP contribution in [0.1, 0.15) is 11.1 Å². The van der Waals surface area contributed by atoms with E-state index in [0.717, 1.165) is 5.56 Å². The summed E-state index contributed by atoms with van der Waals surface area (Å²) >= 11 is 0. The monoisotopic (exact) mass is 188 g/mol. The molecule has 0 aliphatic carbocycles. The Morgan fingerprint density at radius 2 is 2.21 bits per heavy atom. The molecule has 0 aliphatic rings. The molecule has 0 atom stereocenters. The maximum absolute atomic E-state index is 10.5. The van der Waals surface area contributed by atoms with Crippen LogP contribution in [-0.4, -0.2) is 4.92 Å². The third-order valence-electron chi connectivity index (χ3n) is 1.65. The van der Waals surface area contributed by atoms with Crippen molar-refractivity contribution in [2.45, 2.75) is 6.92 Å². The maximum atomic E-state index is 10.5. The molecule has 0 bridgehead atoms. The lowest BCUT2D eigenvalue weighted by atomic mass is 10.1. The number of hydrogen-bond donors (Lipinski definition) is 0. The molecule has 0 fully saturated rings. The minimum Gasteiger partial charge on any atom is -0.258 e. The summed E-state index contributed by atoms with van der Waals surface area (Å²) in [7, 11) is 0. The van der Waals surface area contributed by atoms with E-state index in [1.165, 1.54) is 18.2 Å². The highest BCUT2D eigenvalue weighted by atomic mass is 16.6. The number of nitriles is 1. The Balaban J connectivity index is 3.15. The first kappa shape index (κ1) is 9.93. The molecule has 1 aromatic rings. The maximum Gasteiger partial charge on any atom is 0.270 e. The zero-order valence-corrected chi connectivity index (χ0v) is 7.60. The van der Waals surface area contributed by atoms with Crippen molar-refractivity contribution in [3.8, 4) is 6.07 Å². The van der Waals surface area contributed by atoms with Crippen LogP contribution in [0.3, 0.4) is 0 Å². The van der Waals surface area contributed by atoms with E-state index in [4.69, 9.17) is 5.26 Å². The van der Waals surface area contributed by atoms with Gasteiger partial charge in [-0.1, -0.05) is 6.07 Å². The number of allylic oxidation sites excluding steroid dienone is 1. The molecule has 4 nitrogen and oxygen atoms in total. The summed E-state index contributed by atoms with van der Waals surface area (Å²) in [6, 6.07) is 6.53. The van der Waals surface area contributed by atoms with E-state index in [1.807, 2.05) is 6.07 Å². The summed E-state index contributed by atoms with van der Waals surface area (Å²) in [6.07, 6.45) is 2.83. The van der Waals surface area contributed by atoms with E-state index in [9.17, 15) is 10.1 Å². The van der Waals surface area contributed by atoms with E-state index < -0.39 is 4.92 Å². The van der Waals surface area contributed by atoms with Gasteiger partial charge in [0, 0.05) is 18.2 Å². The summed E-state index contributed by atoms with van der Waals surface area (Å²) in [6.45, 7) is 1.77. The molecule has 0 N–H and O–H groups in total. The molecule has 0 amide bonds. The Labute approximate surface area is 81.2 Å². The molecular weight excluding hydrogens is 180 g/mol. The molecule has 70 valence electrons. The van der Waals surface area contributed by atoms with Gasteiger partial charge in [0.05, 0.1) is 11.0 Å². The van der Waals surface area contributed by atoms with E-state index in [1.54, 1.807) is 19.1 Å². The highest BCUT2D eigenvalue weighted by molar-refractivity contribution is 5.56. The lowest BCUT2D eigenvalue weighted by molar-refractivity contribution is -0.384. The summed E-state index contributed by atoms with van der Waals surface area (Å²) < 4.78 is 0. The molecule has 0 saturated heterocycles. The lowest BCUT2D eigenvalue weighted by Crippen LogP contribution is -1.89. The van der Waals surface area contributed by atoms with Crippen molar-refractivity contribution in [1.82, 2.24) is 0 Å². The summed E-state index contributed by atoms with van der Waals surface area (Å²) in [5.41, 5.74) is 1.51. The van der Waals surface area contributed by atoms with E-state index >= 15 is 0 Å². The molecule has 14 heavy (non-hydrogen) atoms. The number of hydrogen-bond acceptors (Lipinski definition) is 3. The zero-order chi connectivity index (χ0) is 10.6. The van der Waals surface area contributed by atoms with Crippen LogP contribution in [0, 0.1) is 28.4 Å². The van der Waals surface area contributed by atoms with Gasteiger partial charge in [-0.25, -0.2) is 0 Å². The fourth-order valence-corrected chi connectivity index (χ4v) is 1.13. The quantitative estimate of drug-likeness (QED) is 0.406. The van der Waals surface area contributed by atoms with Crippen LogP contribution in [0.15, 0.2) is 24.3 Å². The average molecular weight is 188 g/mol. The van der Waals surface area contributed by atoms with E-state index in [0.29, 0.717) is 5.56 Å². The molecule has 0 heterocycles. The minimum absolute atomic E-state index is 0.0441. The van der Waals surface area contributed by atoms with Gasteiger partial charge < -0.3 is 0 Å². The molecule has 0 spiro atoms. The Kier molecular flexibility index (Phi) is 2.97. The summed E-state index contributed by atoms with van der Waals surface area (Å²) in [5.74, 6) is 0. The summed E-state index contributed by atoms with van der Waals surface area (Å²) in [4.78, 5) is 10.0. The lowest BCUT2D eigenvalue weighted by Gasteiger charge is -1.96. The van der Waals surface area contributed by atoms with Crippen LogP contribution in [0.4, 0.5) is 5.69 Å². The Morgan fingerprint density at radius 1 is 1.50 bits per heavy atom. The highest BCUT2D eigenvalue weighted by Crippen LogP contribution is 2.17. The number of nitrogens with zero attached hydrogens (tertiary/aromatic N) is 2. The van der Waals surface area contributed by atoms with Crippen molar-refractivity contribution >= 4 is 11.8 Å². The fraction of sp³-hybridized carbons (Fsp3) is 0.100. The van der Waals surface area contributed by atoms with Gasteiger partial charge in [0.15, 0.2) is 0 Å². The number of nitro benzene ring substituents is 1. The largest absolute Gasteiger partial charge is 0.270 e. The second-order valence-corrected chi connectivity index (χ2v) is 2.82. The van der Waals surface area contributed by atoms with Crippen LogP contribution in [-0.2, 0) is 0 Å². The standard InChI is InChI=1S/C10H8N2O2/c1-8-5-9(3-2-4-11)7-10(6-8)12(13)14/h2-3,5-7H,1H3/b3-2+. The van der Waals surface area contributed by atoms with Gasteiger partial charge in [-0.3, -0.25) is 10.1 Å². The van der Waals surface area contributed by atoms with Crippen LogP contribution < -0.4 is 0 Å². The van der Waals surface area contributed by atoms with Gasteiger partial charge in [-0.15, -0.1) is 0 Å². The molecule has 1 aromatic carbocycles. The number of nitro groups is 1. The fourth-order valence-electron chi connectivity index (χ4n) is 1.13. The molecule has 0 radical (unpaired) electrons. The Hall–Kier alpha value is -2.15. The first-order valence-electron chi connectivity index (χ1n) is 3.96. The van der Waals surface area contributed by atoms with Crippen molar-refractivity contribution in [2.24, 2.45) is 0 Å². The minimum atomic E-state index is -0.448. The van der Waals surface area contributed by atoms with Crippen molar-refractivity contribution in [1.29, 1.82) is 5.26 Å². The smallest absolute Gasteiger partial charge is 0.258 e. The SMILES string of the molecule is Cc1cc(/C=C/C#N)cc([N+](=O)[O-])c1. The van der Waals surface area contributed by atoms with Gasteiger partial charge >= 0.3 is 0 Å². The van der Waals surface area contributed by atoms with Crippen LogP contribution >= 0.6 is 0 Å². The zero-order valence-electron chi connectivity index (χ0n) is 7.60. The van der Waals surface area contributed by atoms with Crippen molar-refractivity contribution in [3.05, 3.63) is 45.5 Å². The van der Waals surface area contributed by atoms with Gasteiger partial charge in [0.2, 0.25) is 0 Å². The van der Waals surface area contributed by atoms with Crippen LogP contribution in [0.25, 0.3) is 6.08 Å². The van der Waals surface area contributed by atoms with Gasteiger partial charge in [0.25, 0.3) is 5.69 Å². The van der Waals surface area contributed by atoms with Crippen molar-refractivity contribution in [3.63, 3.8) is 0 Å². The molecular formula is C10H8N2O2. The highest BCUT2D eigenvalue weighted by Gasteiger charge is 2.05. The Bertz CT molecular complexity index is 430. The molecule has 0 unspecified atom stereocenters. The van der Waals surface area contributed by atoms with Crippen LogP contribution in [0.5, 0.6) is 0 Å². The van der Waals surface area contributed by atoms with Crippen molar-refractivity contribution < 1.29 is 4.92 Å². The number of rotatable bonds is 2. The van der Waals surface area contributed by atoms with E-state index in [2.05, 4.69) is 0 Å².